The van der Waals surface area contributed by atoms with Crippen LogP contribution in [0.4, 0.5) is 5.69 Å². The molecule has 0 amide bonds. The van der Waals surface area contributed by atoms with Crippen LogP contribution in [0.25, 0.3) is 0 Å². The summed E-state index contributed by atoms with van der Waals surface area (Å²) in [5, 5.41) is 7.61. The van der Waals surface area contributed by atoms with Crippen LogP contribution in [0.1, 0.15) is 29.9 Å². The highest BCUT2D eigenvalue weighted by Gasteiger charge is 2.42. The lowest BCUT2D eigenvalue weighted by molar-refractivity contribution is -0.0746. The first-order valence-electron chi connectivity index (χ1n) is 9.13. The Morgan fingerprint density at radius 1 is 1.32 bits per heavy atom. The monoisotopic (exact) mass is 342 g/mol. The van der Waals surface area contributed by atoms with Gasteiger partial charge in [0.15, 0.2) is 0 Å². The fourth-order valence-electron chi connectivity index (χ4n) is 4.20. The number of fused-ring (bicyclic) bond motifs is 1. The Kier molecular flexibility index (Phi) is 4.72. The number of rotatable bonds is 5. The van der Waals surface area contributed by atoms with Crippen LogP contribution in [-0.2, 0) is 11.3 Å². The summed E-state index contributed by atoms with van der Waals surface area (Å²) in [6, 6.07) is 4.51. The van der Waals surface area contributed by atoms with Gasteiger partial charge in [0.2, 0.25) is 0 Å². The quantitative estimate of drug-likeness (QED) is 0.901. The summed E-state index contributed by atoms with van der Waals surface area (Å²) in [5.74, 6) is 1.48. The molecule has 3 atom stereocenters. The first kappa shape index (κ1) is 16.5. The van der Waals surface area contributed by atoms with E-state index in [2.05, 4.69) is 26.4 Å². The van der Waals surface area contributed by atoms with Crippen molar-refractivity contribution in [2.45, 2.75) is 45.4 Å². The van der Waals surface area contributed by atoms with Crippen LogP contribution >= 0.6 is 0 Å². The summed E-state index contributed by atoms with van der Waals surface area (Å²) in [7, 11) is 0. The van der Waals surface area contributed by atoms with Crippen LogP contribution in [0.3, 0.4) is 0 Å². The summed E-state index contributed by atoms with van der Waals surface area (Å²) >= 11 is 0. The molecule has 0 aromatic carbocycles. The second kappa shape index (κ2) is 7.14. The molecule has 3 heterocycles. The Labute approximate surface area is 148 Å². The molecule has 0 radical (unpaired) electrons. The second-order valence-electron chi connectivity index (χ2n) is 7.14. The van der Waals surface area contributed by atoms with Crippen LogP contribution in [0.15, 0.2) is 29.0 Å². The molecule has 6 nitrogen and oxygen atoms in total. The zero-order valence-corrected chi connectivity index (χ0v) is 14.9. The molecule has 3 unspecified atom stereocenters. The molecule has 1 N–H and O–H groups in total. The van der Waals surface area contributed by atoms with Gasteiger partial charge < -0.3 is 14.6 Å². The fraction of sp³-hybridized carbons (Fsp3) is 0.579. The van der Waals surface area contributed by atoms with E-state index in [-0.39, 0.29) is 0 Å². The van der Waals surface area contributed by atoms with Crippen molar-refractivity contribution >= 4 is 5.69 Å². The van der Waals surface area contributed by atoms with Crippen LogP contribution < -0.4 is 5.32 Å². The fourth-order valence-corrected chi connectivity index (χ4v) is 4.20. The van der Waals surface area contributed by atoms with Crippen molar-refractivity contribution in [2.75, 3.05) is 25.0 Å². The zero-order valence-electron chi connectivity index (χ0n) is 14.9. The van der Waals surface area contributed by atoms with Crippen molar-refractivity contribution in [3.8, 4) is 0 Å². The first-order chi connectivity index (χ1) is 12.2. The van der Waals surface area contributed by atoms with Crippen molar-refractivity contribution in [2.24, 2.45) is 5.92 Å². The average Bonchev–Trinajstić information content (AvgIpc) is 3.20. The topological polar surface area (TPSA) is 63.4 Å². The van der Waals surface area contributed by atoms with Crippen LogP contribution in [0.5, 0.6) is 0 Å². The van der Waals surface area contributed by atoms with Crippen LogP contribution in [-0.4, -0.2) is 46.9 Å². The molecule has 134 valence electrons. The number of pyridine rings is 1. The maximum atomic E-state index is 6.18. The molecule has 0 bridgehead atoms. The molecule has 0 spiro atoms. The number of aromatic nitrogens is 2. The lowest BCUT2D eigenvalue weighted by Gasteiger charge is -2.39. The van der Waals surface area contributed by atoms with Gasteiger partial charge in [0, 0.05) is 49.6 Å². The number of hydrogen-bond donors (Lipinski definition) is 1. The predicted octanol–water partition coefficient (Wildman–Crippen LogP) is 2.78. The van der Waals surface area contributed by atoms with Gasteiger partial charge in [-0.2, -0.15) is 0 Å². The van der Waals surface area contributed by atoms with E-state index in [0.29, 0.717) is 18.1 Å². The Balaban J connectivity index is 1.40. The van der Waals surface area contributed by atoms with E-state index in [9.17, 15) is 0 Å². The highest BCUT2D eigenvalue weighted by molar-refractivity contribution is 5.39. The Bertz CT molecular complexity index is 683. The van der Waals surface area contributed by atoms with Gasteiger partial charge in [0.05, 0.1) is 24.1 Å². The molecule has 1 saturated heterocycles. The third-order valence-electron chi connectivity index (χ3n) is 5.61. The van der Waals surface area contributed by atoms with Crippen LogP contribution in [0, 0.1) is 19.8 Å². The summed E-state index contributed by atoms with van der Waals surface area (Å²) in [6.07, 6.45) is 6.36. The molecule has 1 aliphatic carbocycles. The normalized spacial score (nSPS) is 26.6. The van der Waals surface area contributed by atoms with Crippen LogP contribution in [0.2, 0.25) is 0 Å². The van der Waals surface area contributed by atoms with Crippen molar-refractivity contribution < 1.29 is 9.26 Å². The lowest BCUT2D eigenvalue weighted by Crippen LogP contribution is -2.50. The Hall–Kier alpha value is -1.92. The molecule has 2 aromatic heterocycles. The van der Waals surface area contributed by atoms with Gasteiger partial charge in [0.1, 0.15) is 5.76 Å². The molecule has 4 rings (SSSR count). The summed E-state index contributed by atoms with van der Waals surface area (Å²) < 4.78 is 11.5. The Morgan fingerprint density at radius 3 is 3.00 bits per heavy atom. The number of aryl methyl sites for hydroxylation is 2. The summed E-state index contributed by atoms with van der Waals surface area (Å²) in [4.78, 5) is 6.73. The largest absolute Gasteiger partial charge is 0.383 e. The van der Waals surface area contributed by atoms with Crippen molar-refractivity contribution in [1.82, 2.24) is 15.0 Å². The number of anilines is 1. The van der Waals surface area contributed by atoms with Gasteiger partial charge in [-0.15, -0.1) is 0 Å². The zero-order chi connectivity index (χ0) is 17.2. The standard InChI is InChI=1S/C19H26N4O2/c1-13-17(14(2)25-22-13)12-23-8-9-24-19-15(5-6-18(19)23)10-21-16-4-3-7-20-11-16/h3-4,7,11,15,18-19,21H,5-6,8-10,12H2,1-2H3. The molecular formula is C19H26N4O2. The highest BCUT2D eigenvalue weighted by atomic mass is 16.5. The molecule has 6 heteroatoms. The molecule has 1 aliphatic heterocycles. The first-order valence-corrected chi connectivity index (χ1v) is 9.13. The third-order valence-corrected chi connectivity index (χ3v) is 5.61. The maximum Gasteiger partial charge on any atom is 0.138 e. The number of ether oxygens (including phenoxy) is 1. The number of morpholine rings is 1. The van der Waals surface area contributed by atoms with Crippen molar-refractivity contribution in [3.63, 3.8) is 0 Å². The molecule has 2 aliphatic rings. The van der Waals surface area contributed by atoms with E-state index in [1.54, 1.807) is 6.20 Å². The Morgan fingerprint density at radius 2 is 2.24 bits per heavy atom. The van der Waals surface area contributed by atoms with Crippen molar-refractivity contribution in [3.05, 3.63) is 41.5 Å². The maximum absolute atomic E-state index is 6.18. The van der Waals surface area contributed by atoms with Gasteiger partial charge in [-0.1, -0.05) is 5.16 Å². The van der Waals surface area contributed by atoms with Gasteiger partial charge in [-0.25, -0.2) is 0 Å². The number of nitrogens with one attached hydrogen (secondary N) is 1. The van der Waals surface area contributed by atoms with E-state index in [1.165, 1.54) is 18.4 Å². The second-order valence-corrected chi connectivity index (χ2v) is 7.14. The number of hydrogen-bond acceptors (Lipinski definition) is 6. The van der Waals surface area contributed by atoms with E-state index < -0.39 is 0 Å². The summed E-state index contributed by atoms with van der Waals surface area (Å²) in [6.45, 7) is 7.66. The molecule has 25 heavy (non-hydrogen) atoms. The van der Waals surface area contributed by atoms with Crippen molar-refractivity contribution in [1.29, 1.82) is 0 Å². The van der Waals surface area contributed by atoms with Gasteiger partial charge in [-0.05, 0) is 38.8 Å². The summed E-state index contributed by atoms with van der Waals surface area (Å²) in [5.41, 5.74) is 3.32. The minimum atomic E-state index is 0.304. The number of nitrogens with zero attached hydrogens (tertiary/aromatic N) is 3. The minimum Gasteiger partial charge on any atom is -0.383 e. The van der Waals surface area contributed by atoms with E-state index in [1.807, 2.05) is 26.1 Å². The molecule has 2 aromatic rings. The highest BCUT2D eigenvalue weighted by Crippen LogP contribution is 2.36. The lowest BCUT2D eigenvalue weighted by atomic mass is 10.0. The molecular weight excluding hydrogens is 316 g/mol. The van der Waals surface area contributed by atoms with Gasteiger partial charge in [0.25, 0.3) is 0 Å². The van der Waals surface area contributed by atoms with E-state index >= 15 is 0 Å². The third kappa shape index (κ3) is 3.41. The molecule has 1 saturated carbocycles. The molecule has 2 fully saturated rings. The van der Waals surface area contributed by atoms with E-state index in [4.69, 9.17) is 9.26 Å². The predicted molar refractivity (Wildman–Crippen MR) is 95.4 cm³/mol. The minimum absolute atomic E-state index is 0.304. The smallest absolute Gasteiger partial charge is 0.138 e. The van der Waals surface area contributed by atoms with Gasteiger partial charge >= 0.3 is 0 Å². The van der Waals surface area contributed by atoms with E-state index in [0.717, 1.165) is 43.4 Å². The average molecular weight is 342 g/mol. The SMILES string of the molecule is Cc1noc(C)c1CN1CCOC2C(CNc3cccnc3)CCC21. The van der Waals surface area contributed by atoms with Gasteiger partial charge in [-0.3, -0.25) is 9.88 Å².